The first-order valence-corrected chi connectivity index (χ1v) is 3.08. The summed E-state index contributed by atoms with van der Waals surface area (Å²) in [5, 5.41) is 8.44. The molecule has 0 fully saturated rings. The second-order valence-corrected chi connectivity index (χ2v) is 3.35. The van der Waals surface area contributed by atoms with Crippen molar-refractivity contribution in [2.75, 3.05) is 13.7 Å². The van der Waals surface area contributed by atoms with E-state index in [9.17, 15) is 4.79 Å². The molecule has 0 rings (SSSR count). The smallest absolute Gasteiger partial charge is 0.334 e. The van der Waals surface area contributed by atoms with E-state index in [-0.39, 0.29) is 0 Å². The molecule has 5 heteroatoms. The third kappa shape index (κ3) is 2.47. The SMILES string of the molecule is COC(=O)C(S)(S)CO. The van der Waals surface area contributed by atoms with Crippen LogP contribution in [0, 0.1) is 0 Å². The van der Waals surface area contributed by atoms with Crippen molar-refractivity contribution in [3.05, 3.63) is 0 Å². The number of carbonyl (C=O) groups is 1. The number of thiol groups is 2. The fourth-order valence-electron chi connectivity index (χ4n) is 0.228. The lowest BCUT2D eigenvalue weighted by molar-refractivity contribution is -0.141. The van der Waals surface area contributed by atoms with Crippen LogP contribution in [0.5, 0.6) is 0 Å². The van der Waals surface area contributed by atoms with Crippen LogP contribution < -0.4 is 0 Å². The van der Waals surface area contributed by atoms with Crippen molar-refractivity contribution in [3.8, 4) is 0 Å². The van der Waals surface area contributed by atoms with Gasteiger partial charge in [-0.15, -0.1) is 25.3 Å². The Morgan fingerprint density at radius 2 is 2.22 bits per heavy atom. The molecule has 0 aromatic rings. The van der Waals surface area contributed by atoms with Crippen molar-refractivity contribution < 1.29 is 14.6 Å². The molecule has 0 unspecified atom stereocenters. The first-order valence-electron chi connectivity index (χ1n) is 2.18. The Labute approximate surface area is 64.2 Å². The zero-order valence-electron chi connectivity index (χ0n) is 4.87. The highest BCUT2D eigenvalue weighted by Crippen LogP contribution is 2.19. The molecule has 0 aliphatic heterocycles. The van der Waals surface area contributed by atoms with E-state index in [1.165, 1.54) is 7.11 Å². The van der Waals surface area contributed by atoms with Gasteiger partial charge in [0.1, 0.15) is 0 Å². The Bertz CT molecular complexity index is 112. The Kier molecular flexibility index (Phi) is 3.38. The molecule has 0 atom stereocenters. The number of rotatable bonds is 2. The summed E-state index contributed by atoms with van der Waals surface area (Å²) < 4.78 is 2.89. The summed E-state index contributed by atoms with van der Waals surface area (Å²) in [6, 6.07) is 0. The first-order chi connectivity index (χ1) is 4.04. The molecule has 0 aromatic heterocycles. The molecule has 9 heavy (non-hydrogen) atoms. The number of aliphatic hydroxyl groups excluding tert-OH is 1. The molecule has 0 radical (unpaired) electrons. The minimum absolute atomic E-state index is 0.452. The summed E-state index contributed by atoms with van der Waals surface area (Å²) in [6.07, 6.45) is 0. The average molecular weight is 168 g/mol. The van der Waals surface area contributed by atoms with Gasteiger partial charge in [0.05, 0.1) is 13.7 Å². The molecule has 0 heterocycles. The van der Waals surface area contributed by atoms with Crippen LogP contribution in [0.4, 0.5) is 0 Å². The molecule has 0 saturated carbocycles. The number of ether oxygens (including phenoxy) is 1. The molecule has 0 aliphatic rings. The van der Waals surface area contributed by atoms with Gasteiger partial charge in [-0.2, -0.15) is 0 Å². The maximum Gasteiger partial charge on any atom is 0.334 e. The molecular weight excluding hydrogens is 160 g/mol. The Hall–Kier alpha value is 0.130. The zero-order chi connectivity index (χ0) is 7.49. The molecule has 0 bridgehead atoms. The Morgan fingerprint density at radius 3 is 2.33 bits per heavy atom. The summed E-state index contributed by atoms with van der Waals surface area (Å²) in [7, 11) is 1.21. The van der Waals surface area contributed by atoms with Crippen molar-refractivity contribution in [1.82, 2.24) is 0 Å². The molecule has 1 N–H and O–H groups in total. The fourth-order valence-corrected chi connectivity index (χ4v) is 0.411. The lowest BCUT2D eigenvalue weighted by Crippen LogP contribution is -2.31. The number of aliphatic hydroxyl groups is 1. The number of hydrogen-bond donors (Lipinski definition) is 3. The summed E-state index contributed by atoms with van der Waals surface area (Å²) in [5.74, 6) is -0.656. The van der Waals surface area contributed by atoms with E-state index in [0.717, 1.165) is 0 Å². The highest BCUT2D eigenvalue weighted by Gasteiger charge is 2.30. The van der Waals surface area contributed by atoms with Crippen LogP contribution in [0.25, 0.3) is 0 Å². The van der Waals surface area contributed by atoms with Gasteiger partial charge in [-0.1, -0.05) is 0 Å². The number of hydrogen-bond acceptors (Lipinski definition) is 5. The number of methoxy groups -OCH3 is 1. The van der Waals surface area contributed by atoms with Gasteiger partial charge >= 0.3 is 5.97 Å². The molecule has 0 aromatic carbocycles. The first kappa shape index (κ1) is 9.13. The lowest BCUT2D eigenvalue weighted by atomic mass is 10.4. The van der Waals surface area contributed by atoms with Crippen LogP contribution in [0.15, 0.2) is 0 Å². The maximum absolute atomic E-state index is 10.5. The monoisotopic (exact) mass is 168 g/mol. The van der Waals surface area contributed by atoms with E-state index in [0.29, 0.717) is 0 Å². The predicted octanol–water partition coefficient (Wildman–Crippen LogP) is -0.292. The van der Waals surface area contributed by atoms with E-state index in [1.807, 2.05) is 0 Å². The van der Waals surface area contributed by atoms with Gasteiger partial charge < -0.3 is 9.84 Å². The van der Waals surface area contributed by atoms with Gasteiger partial charge in [-0.25, -0.2) is 4.79 Å². The van der Waals surface area contributed by atoms with Gasteiger partial charge in [0, 0.05) is 0 Å². The molecule has 3 nitrogen and oxygen atoms in total. The van der Waals surface area contributed by atoms with Crippen LogP contribution in [0.3, 0.4) is 0 Å². The predicted molar refractivity (Wildman–Crippen MR) is 39.8 cm³/mol. The van der Waals surface area contributed by atoms with E-state index >= 15 is 0 Å². The second kappa shape index (κ2) is 3.34. The molecule has 0 saturated heterocycles. The van der Waals surface area contributed by atoms with E-state index in [4.69, 9.17) is 5.11 Å². The van der Waals surface area contributed by atoms with Crippen molar-refractivity contribution in [2.45, 2.75) is 4.08 Å². The van der Waals surface area contributed by atoms with Gasteiger partial charge in [0.25, 0.3) is 0 Å². The van der Waals surface area contributed by atoms with Gasteiger partial charge in [-0.05, 0) is 0 Å². The molecule has 0 aliphatic carbocycles. The highest BCUT2D eigenvalue weighted by atomic mass is 32.2. The van der Waals surface area contributed by atoms with Gasteiger partial charge in [0.15, 0.2) is 4.08 Å². The lowest BCUT2D eigenvalue weighted by Gasteiger charge is -2.14. The highest BCUT2D eigenvalue weighted by molar-refractivity contribution is 8.02. The largest absolute Gasteiger partial charge is 0.467 e. The minimum Gasteiger partial charge on any atom is -0.467 e. The second-order valence-electron chi connectivity index (χ2n) is 1.47. The zero-order valence-corrected chi connectivity index (χ0v) is 6.65. The average Bonchev–Trinajstić information content (AvgIpc) is 1.86. The van der Waals surface area contributed by atoms with E-state index < -0.39 is 16.7 Å². The van der Waals surface area contributed by atoms with Crippen molar-refractivity contribution in [2.24, 2.45) is 0 Å². The normalized spacial score (nSPS) is 11.1. The molecule has 0 spiro atoms. The third-order valence-corrected chi connectivity index (χ3v) is 1.38. The topological polar surface area (TPSA) is 46.5 Å². The number of esters is 1. The molecule has 54 valence electrons. The summed E-state index contributed by atoms with van der Waals surface area (Å²) in [4.78, 5) is 10.5. The maximum atomic E-state index is 10.5. The van der Waals surface area contributed by atoms with Crippen molar-refractivity contribution >= 4 is 31.2 Å². The Balaban J connectivity index is 3.97. The van der Waals surface area contributed by atoms with Crippen LogP contribution in [-0.2, 0) is 9.53 Å². The van der Waals surface area contributed by atoms with E-state index in [1.54, 1.807) is 0 Å². The van der Waals surface area contributed by atoms with Crippen molar-refractivity contribution in [3.63, 3.8) is 0 Å². The fraction of sp³-hybridized carbons (Fsp3) is 0.750. The minimum atomic E-state index is -1.37. The standard InChI is InChI=1S/C4H8O3S2/c1-7-3(6)4(8,9)2-5/h5,8-9H,2H2,1H3. The van der Waals surface area contributed by atoms with Crippen LogP contribution >= 0.6 is 25.3 Å². The van der Waals surface area contributed by atoms with Gasteiger partial charge in [0.2, 0.25) is 0 Å². The summed E-state index contributed by atoms with van der Waals surface area (Å²) >= 11 is 7.40. The van der Waals surface area contributed by atoms with Gasteiger partial charge in [-0.3, -0.25) is 0 Å². The summed E-state index contributed by atoms with van der Waals surface area (Å²) in [6.45, 7) is -0.452. The van der Waals surface area contributed by atoms with Crippen LogP contribution in [-0.4, -0.2) is 28.9 Å². The molecular formula is C4H8O3S2. The van der Waals surface area contributed by atoms with E-state index in [2.05, 4.69) is 30.0 Å². The quantitative estimate of drug-likeness (QED) is 0.301. The Morgan fingerprint density at radius 1 is 1.78 bits per heavy atom. The summed E-state index contributed by atoms with van der Waals surface area (Å²) in [5.41, 5.74) is 0. The third-order valence-electron chi connectivity index (χ3n) is 0.733. The van der Waals surface area contributed by atoms with Crippen molar-refractivity contribution in [1.29, 1.82) is 0 Å². The number of carbonyl (C=O) groups excluding carboxylic acids is 1. The van der Waals surface area contributed by atoms with Crippen LogP contribution in [0.2, 0.25) is 0 Å². The van der Waals surface area contributed by atoms with Crippen LogP contribution in [0.1, 0.15) is 0 Å². The molecule has 0 amide bonds.